The van der Waals surface area contributed by atoms with Crippen molar-refractivity contribution < 1.29 is 23.5 Å². The zero-order valence-corrected chi connectivity index (χ0v) is 17.6. The van der Waals surface area contributed by atoms with Crippen molar-refractivity contribution in [2.75, 3.05) is 19.0 Å². The van der Waals surface area contributed by atoms with Crippen LogP contribution >= 0.6 is 0 Å². The zero-order chi connectivity index (χ0) is 22.5. The Balaban J connectivity index is 1.57. The molecule has 0 aliphatic rings. The van der Waals surface area contributed by atoms with Crippen molar-refractivity contribution in [3.8, 4) is 22.9 Å². The summed E-state index contributed by atoms with van der Waals surface area (Å²) in [7, 11) is 1.29. The number of carbonyl (C=O) groups excluding carboxylic acids is 2. The monoisotopic (exact) mass is 431 g/mol. The summed E-state index contributed by atoms with van der Waals surface area (Å²) in [6.45, 7) is 1.65. The molecule has 0 bridgehead atoms. The highest BCUT2D eigenvalue weighted by Gasteiger charge is 2.21. The van der Waals surface area contributed by atoms with Gasteiger partial charge in [-0.25, -0.2) is 9.48 Å². The van der Waals surface area contributed by atoms with Gasteiger partial charge in [0.15, 0.2) is 12.4 Å². The Kier molecular flexibility index (Phi) is 6.03. The second-order valence-corrected chi connectivity index (χ2v) is 6.93. The number of nitrogens with one attached hydrogen (secondary N) is 1. The first-order valence-corrected chi connectivity index (χ1v) is 9.86. The number of para-hydroxylation sites is 1. The van der Waals surface area contributed by atoms with Crippen molar-refractivity contribution in [1.29, 1.82) is 0 Å². The highest BCUT2D eigenvalue weighted by atomic mass is 16.6. The number of furan rings is 1. The van der Waals surface area contributed by atoms with Crippen LogP contribution in [-0.4, -0.2) is 35.4 Å². The SMILES string of the molecule is COC(=O)COc1ccc(NC(=O)c2cn(-c3ccccc3)nc2-c2ccc(C)o2)cc1. The Bertz CT molecular complexity index is 1230. The zero-order valence-electron chi connectivity index (χ0n) is 17.6. The van der Waals surface area contributed by atoms with E-state index in [-0.39, 0.29) is 12.5 Å². The molecule has 0 aliphatic carbocycles. The topological polar surface area (TPSA) is 95.6 Å². The van der Waals surface area contributed by atoms with Crippen LogP contribution in [0.3, 0.4) is 0 Å². The van der Waals surface area contributed by atoms with Crippen LogP contribution in [0.1, 0.15) is 16.1 Å². The van der Waals surface area contributed by atoms with Crippen molar-refractivity contribution in [2.45, 2.75) is 6.92 Å². The standard InChI is InChI=1S/C24H21N3O5/c1-16-8-13-21(32-16)23-20(14-27(26-23)18-6-4-3-5-7-18)24(29)25-17-9-11-19(12-10-17)31-15-22(28)30-2/h3-14H,15H2,1-2H3,(H,25,29). The number of aromatic nitrogens is 2. The molecule has 8 nitrogen and oxygen atoms in total. The van der Waals surface area contributed by atoms with Crippen molar-refractivity contribution >= 4 is 17.6 Å². The number of anilines is 1. The van der Waals surface area contributed by atoms with Crippen molar-refractivity contribution in [3.05, 3.63) is 84.3 Å². The molecule has 162 valence electrons. The van der Waals surface area contributed by atoms with E-state index < -0.39 is 5.97 Å². The van der Waals surface area contributed by atoms with Gasteiger partial charge in [0.2, 0.25) is 0 Å². The first-order valence-electron chi connectivity index (χ1n) is 9.86. The van der Waals surface area contributed by atoms with Gasteiger partial charge in [-0.1, -0.05) is 18.2 Å². The lowest BCUT2D eigenvalue weighted by atomic mass is 10.2. The Morgan fingerprint density at radius 1 is 1.03 bits per heavy atom. The number of methoxy groups -OCH3 is 1. The first kappa shape index (κ1) is 20.9. The normalized spacial score (nSPS) is 10.6. The molecule has 0 atom stereocenters. The van der Waals surface area contributed by atoms with Crippen LogP contribution in [0.4, 0.5) is 5.69 Å². The van der Waals surface area contributed by atoms with E-state index in [1.165, 1.54) is 7.11 Å². The summed E-state index contributed by atoms with van der Waals surface area (Å²) in [6, 6.07) is 19.8. The minimum Gasteiger partial charge on any atom is -0.482 e. The number of nitrogens with zero attached hydrogens (tertiary/aromatic N) is 2. The van der Waals surface area contributed by atoms with Gasteiger partial charge in [0, 0.05) is 11.9 Å². The third-order valence-electron chi connectivity index (χ3n) is 4.65. The van der Waals surface area contributed by atoms with Gasteiger partial charge < -0.3 is 19.2 Å². The summed E-state index contributed by atoms with van der Waals surface area (Å²) in [5.74, 6) is 0.909. The van der Waals surface area contributed by atoms with E-state index in [4.69, 9.17) is 9.15 Å². The maximum atomic E-state index is 13.1. The number of hydrogen-bond donors (Lipinski definition) is 1. The second kappa shape index (κ2) is 9.22. The Morgan fingerprint density at radius 3 is 2.44 bits per heavy atom. The van der Waals surface area contributed by atoms with Gasteiger partial charge in [-0.2, -0.15) is 5.10 Å². The molecule has 1 amide bonds. The van der Waals surface area contributed by atoms with E-state index in [1.54, 1.807) is 41.2 Å². The minimum atomic E-state index is -0.474. The number of ether oxygens (including phenoxy) is 2. The Labute approximate surface area is 184 Å². The predicted molar refractivity (Wildman–Crippen MR) is 118 cm³/mol. The van der Waals surface area contributed by atoms with Crippen LogP contribution in [0.25, 0.3) is 17.1 Å². The van der Waals surface area contributed by atoms with Crippen LogP contribution < -0.4 is 10.1 Å². The molecule has 2 aromatic heterocycles. The maximum absolute atomic E-state index is 13.1. The van der Waals surface area contributed by atoms with Gasteiger partial charge in [-0.05, 0) is 55.5 Å². The molecule has 0 aliphatic heterocycles. The molecular formula is C24H21N3O5. The Morgan fingerprint density at radius 2 is 1.78 bits per heavy atom. The molecule has 2 aromatic carbocycles. The highest BCUT2D eigenvalue weighted by Crippen LogP contribution is 2.27. The number of benzene rings is 2. The summed E-state index contributed by atoms with van der Waals surface area (Å²) < 4.78 is 17.2. The number of rotatable bonds is 7. The van der Waals surface area contributed by atoms with E-state index in [0.717, 1.165) is 11.4 Å². The fraction of sp³-hybridized carbons (Fsp3) is 0.125. The van der Waals surface area contributed by atoms with Gasteiger partial charge in [0.05, 0.1) is 18.4 Å². The molecule has 0 saturated heterocycles. The molecule has 0 unspecified atom stereocenters. The number of esters is 1. The van der Waals surface area contributed by atoms with E-state index in [9.17, 15) is 9.59 Å². The summed E-state index contributed by atoms with van der Waals surface area (Å²) >= 11 is 0. The largest absolute Gasteiger partial charge is 0.482 e. The molecule has 1 N–H and O–H groups in total. The van der Waals surface area contributed by atoms with Crippen LogP contribution in [0.5, 0.6) is 5.75 Å². The van der Waals surface area contributed by atoms with E-state index in [2.05, 4.69) is 15.2 Å². The third kappa shape index (κ3) is 4.70. The predicted octanol–water partition coefficient (Wildman–Crippen LogP) is 4.24. The number of hydrogen-bond acceptors (Lipinski definition) is 6. The van der Waals surface area contributed by atoms with Gasteiger partial charge in [-0.15, -0.1) is 0 Å². The lowest BCUT2D eigenvalue weighted by molar-refractivity contribution is -0.142. The highest BCUT2D eigenvalue weighted by molar-refractivity contribution is 6.07. The number of aryl methyl sites for hydroxylation is 1. The van der Waals surface area contributed by atoms with Gasteiger partial charge >= 0.3 is 5.97 Å². The molecule has 2 heterocycles. The molecule has 32 heavy (non-hydrogen) atoms. The van der Waals surface area contributed by atoms with Crippen molar-refractivity contribution in [3.63, 3.8) is 0 Å². The second-order valence-electron chi connectivity index (χ2n) is 6.93. The molecule has 8 heteroatoms. The molecular weight excluding hydrogens is 410 g/mol. The maximum Gasteiger partial charge on any atom is 0.343 e. The fourth-order valence-electron chi connectivity index (χ4n) is 3.03. The minimum absolute atomic E-state index is 0.188. The third-order valence-corrected chi connectivity index (χ3v) is 4.65. The quantitative estimate of drug-likeness (QED) is 0.440. The summed E-state index contributed by atoms with van der Waals surface area (Å²) in [5.41, 5.74) is 2.20. The van der Waals surface area contributed by atoms with Crippen molar-refractivity contribution in [1.82, 2.24) is 9.78 Å². The van der Waals surface area contributed by atoms with Crippen LogP contribution in [0.15, 0.2) is 77.3 Å². The van der Waals surface area contributed by atoms with Gasteiger partial charge in [0.25, 0.3) is 5.91 Å². The van der Waals surface area contributed by atoms with Crippen molar-refractivity contribution in [2.24, 2.45) is 0 Å². The number of amides is 1. The fourth-order valence-corrected chi connectivity index (χ4v) is 3.03. The summed E-state index contributed by atoms with van der Waals surface area (Å²) in [5, 5.41) is 7.45. The first-order chi connectivity index (χ1) is 15.5. The lowest BCUT2D eigenvalue weighted by Crippen LogP contribution is -2.13. The Hall–Kier alpha value is -4.33. The molecule has 0 fully saturated rings. The molecule has 4 aromatic rings. The van der Waals surface area contributed by atoms with E-state index in [0.29, 0.717) is 28.5 Å². The number of carbonyl (C=O) groups is 2. The van der Waals surface area contributed by atoms with Gasteiger partial charge in [-0.3, -0.25) is 4.79 Å². The molecule has 0 saturated carbocycles. The van der Waals surface area contributed by atoms with Crippen LogP contribution in [-0.2, 0) is 9.53 Å². The molecule has 0 radical (unpaired) electrons. The molecule has 0 spiro atoms. The summed E-state index contributed by atoms with van der Waals surface area (Å²) in [6.07, 6.45) is 1.67. The smallest absolute Gasteiger partial charge is 0.343 e. The average Bonchev–Trinajstić information content (AvgIpc) is 3.45. The lowest BCUT2D eigenvalue weighted by Gasteiger charge is -2.07. The summed E-state index contributed by atoms with van der Waals surface area (Å²) in [4.78, 5) is 24.3. The van der Waals surface area contributed by atoms with E-state index >= 15 is 0 Å². The van der Waals surface area contributed by atoms with Crippen LogP contribution in [0, 0.1) is 6.92 Å². The van der Waals surface area contributed by atoms with E-state index in [1.807, 2.05) is 43.3 Å². The molecule has 4 rings (SSSR count). The average molecular weight is 431 g/mol. The van der Waals surface area contributed by atoms with Gasteiger partial charge in [0.1, 0.15) is 17.2 Å². The van der Waals surface area contributed by atoms with Crippen LogP contribution in [0.2, 0.25) is 0 Å².